The summed E-state index contributed by atoms with van der Waals surface area (Å²) in [5.41, 5.74) is 0.466. The largest absolute Gasteiger partial charge is 0.478 e. The lowest BCUT2D eigenvalue weighted by atomic mass is 9.99. The predicted octanol–water partition coefficient (Wildman–Crippen LogP) is 10.0. The van der Waals surface area contributed by atoms with E-state index in [1.165, 1.54) is 135 Å². The third kappa shape index (κ3) is 33.4. The molecule has 0 rings (SSSR count). The van der Waals surface area contributed by atoms with Crippen molar-refractivity contribution in [3.05, 3.63) is 11.6 Å². The van der Waals surface area contributed by atoms with E-state index in [0.29, 0.717) is 18.1 Å². The molecule has 1 unspecified atom stereocenters. The van der Waals surface area contributed by atoms with Crippen LogP contribution < -0.4 is 0 Å². The monoisotopic (exact) mass is 608 g/mol. The van der Waals surface area contributed by atoms with Gasteiger partial charge >= 0.3 is 5.97 Å². The van der Waals surface area contributed by atoms with E-state index in [2.05, 4.69) is 47.1 Å². The molecule has 0 saturated heterocycles. The van der Waals surface area contributed by atoms with Crippen LogP contribution in [0.15, 0.2) is 11.6 Å². The summed E-state index contributed by atoms with van der Waals surface area (Å²) in [7, 11) is 0. The first-order valence-corrected chi connectivity index (χ1v) is 16.4. The highest BCUT2D eigenvalue weighted by Gasteiger charge is 2.04. The third-order valence-electron chi connectivity index (χ3n) is 7.48. The molecule has 0 aliphatic carbocycles. The maximum absolute atomic E-state index is 10.9. The molecule has 42 heavy (non-hydrogen) atoms. The number of carbonyl (C=O) groups is 1. The Labute approximate surface area is 253 Å². The number of unbranched alkanes of at least 4 members (excludes halogenated alkanes) is 22. The van der Waals surface area contributed by atoms with E-state index < -0.39 is 5.97 Å². The number of carboxylic acid groups (broad SMARTS) is 1. The highest BCUT2D eigenvalue weighted by molar-refractivity contribution is 5.85. The molecule has 0 saturated carbocycles. The molecule has 11 heteroatoms. The zero-order chi connectivity index (χ0) is 30.8. The van der Waals surface area contributed by atoms with E-state index >= 15 is 0 Å². The molecule has 0 aliphatic rings. The number of allylic oxidation sites excluding steroid dienone is 1. The average Bonchev–Trinajstić information content (AvgIpc) is 2.97. The Morgan fingerprint density at radius 3 is 1.26 bits per heavy atom. The first kappa shape index (κ1) is 40.9. The van der Waals surface area contributed by atoms with E-state index in [9.17, 15) is 4.79 Å². The van der Waals surface area contributed by atoms with Crippen molar-refractivity contribution < 1.29 is 55.3 Å². The second-order valence-corrected chi connectivity index (χ2v) is 11.4. The summed E-state index contributed by atoms with van der Waals surface area (Å²) in [6.45, 7) is 4.16. The van der Waals surface area contributed by atoms with Crippen LogP contribution >= 0.6 is 0 Å². The van der Waals surface area contributed by atoms with Crippen molar-refractivity contribution in [2.75, 3.05) is 6.61 Å². The Bertz CT molecular complexity index is 589. The summed E-state index contributed by atoms with van der Waals surface area (Å²) >= 11 is 0. The van der Waals surface area contributed by atoms with E-state index in [0.717, 1.165) is 19.3 Å². The fraction of sp³-hybridized carbons (Fsp3) is 0.903. The van der Waals surface area contributed by atoms with Crippen molar-refractivity contribution in [2.24, 2.45) is 5.92 Å². The van der Waals surface area contributed by atoms with Gasteiger partial charge in [0, 0.05) is 5.57 Å². The Morgan fingerprint density at radius 1 is 0.548 bits per heavy atom. The van der Waals surface area contributed by atoms with Crippen LogP contribution in [-0.4, -0.2) is 22.9 Å². The number of aliphatic carboxylic acids is 1. The van der Waals surface area contributed by atoms with Crippen LogP contribution in [0, 0.1) is 5.92 Å². The van der Waals surface area contributed by atoms with Crippen LogP contribution in [0.3, 0.4) is 0 Å². The molecule has 0 radical (unpaired) electrons. The van der Waals surface area contributed by atoms with Crippen molar-refractivity contribution >= 4 is 5.97 Å². The van der Waals surface area contributed by atoms with Gasteiger partial charge < -0.3 is 5.11 Å². The van der Waals surface area contributed by atoms with Gasteiger partial charge in [-0.05, 0) is 61.0 Å². The lowest BCUT2D eigenvalue weighted by Crippen LogP contribution is -2.02. The van der Waals surface area contributed by atoms with Crippen LogP contribution in [0.2, 0.25) is 0 Å². The minimum absolute atomic E-state index is 0.362. The summed E-state index contributed by atoms with van der Waals surface area (Å²) in [5, 5.41) is 42.4. The quantitative estimate of drug-likeness (QED) is 0.0308. The molecule has 0 aromatic carbocycles. The molecule has 0 fully saturated rings. The topological polar surface area (TPSA) is 131 Å². The van der Waals surface area contributed by atoms with Gasteiger partial charge in [0.15, 0.2) is 0 Å². The summed E-state index contributed by atoms with van der Waals surface area (Å²) < 4.78 is 0. The minimum atomic E-state index is -0.802. The Kier molecular flexibility index (Phi) is 33.4. The van der Waals surface area contributed by atoms with Crippen molar-refractivity contribution in [1.82, 2.24) is 0 Å². The number of carboxylic acids is 1. The Hall–Kier alpha value is -1.15. The number of hydrogen-bond acceptors (Lipinski definition) is 10. The first-order valence-electron chi connectivity index (χ1n) is 16.4. The first-order chi connectivity index (χ1) is 20.6. The molecule has 0 aromatic heterocycles. The fourth-order valence-corrected chi connectivity index (χ4v) is 5.03. The smallest absolute Gasteiger partial charge is 0.330 e. The van der Waals surface area contributed by atoms with E-state index in [-0.39, 0.29) is 0 Å². The zero-order valence-electron chi connectivity index (χ0n) is 26.4. The summed E-state index contributed by atoms with van der Waals surface area (Å²) in [4.78, 5) is 15.6. The van der Waals surface area contributed by atoms with Gasteiger partial charge in [0.1, 0.15) is 0 Å². The van der Waals surface area contributed by atoms with Gasteiger partial charge in [0.05, 0.1) is 6.61 Å². The number of rotatable bonds is 35. The van der Waals surface area contributed by atoms with Gasteiger partial charge in [0.25, 0.3) is 0 Å². The molecule has 250 valence electrons. The molecular weight excluding hydrogens is 548 g/mol. The summed E-state index contributed by atoms with van der Waals surface area (Å²) in [5.74, 6) is -0.438. The second-order valence-electron chi connectivity index (χ2n) is 11.4. The Balaban J connectivity index is 3.13. The third-order valence-corrected chi connectivity index (χ3v) is 7.48. The van der Waals surface area contributed by atoms with Crippen molar-refractivity contribution in [3.63, 3.8) is 0 Å². The maximum atomic E-state index is 10.9. The molecule has 0 amide bonds. The average molecular weight is 609 g/mol. The van der Waals surface area contributed by atoms with Crippen molar-refractivity contribution in [3.8, 4) is 0 Å². The normalized spacial score (nSPS) is 12.7. The lowest BCUT2D eigenvalue weighted by molar-refractivity contribution is -0.830. The lowest BCUT2D eigenvalue weighted by Gasteiger charge is -2.07. The SMILES string of the molecule is CC(=CC(C)CCCCCCCCCCCCCCCCCCCCCCCCCOOOOOOOOO)C(=O)O. The molecule has 0 aromatic rings. The highest BCUT2D eigenvalue weighted by atomic mass is 17.9. The number of hydrogen-bond donors (Lipinski definition) is 2. The van der Waals surface area contributed by atoms with E-state index in [4.69, 9.17) is 10.4 Å². The van der Waals surface area contributed by atoms with Crippen molar-refractivity contribution in [1.29, 1.82) is 0 Å². The standard InChI is InChI=1S/C31H60O11/c1-29(28-30(2)31(32)33)26-24-22-20-18-16-14-12-10-8-6-4-3-5-7-9-11-13-15-17-19-21-23-25-27-35-37-39-41-42-40-38-36-34/h28-29,34H,3-27H2,1-2H3,(H,32,33). The van der Waals surface area contributed by atoms with Crippen LogP contribution in [0.4, 0.5) is 0 Å². The van der Waals surface area contributed by atoms with Crippen LogP contribution in [0.1, 0.15) is 168 Å². The van der Waals surface area contributed by atoms with Crippen LogP contribution in [0.25, 0.3) is 0 Å². The van der Waals surface area contributed by atoms with E-state index in [1.807, 2.05) is 6.08 Å². The van der Waals surface area contributed by atoms with E-state index in [1.54, 1.807) is 6.92 Å². The molecule has 0 bridgehead atoms. The van der Waals surface area contributed by atoms with Gasteiger partial charge in [-0.15, -0.1) is 0 Å². The second kappa shape index (κ2) is 34.3. The summed E-state index contributed by atoms with van der Waals surface area (Å²) in [6, 6.07) is 0. The molecule has 0 heterocycles. The van der Waals surface area contributed by atoms with Gasteiger partial charge in [-0.1, -0.05) is 154 Å². The predicted molar refractivity (Wildman–Crippen MR) is 158 cm³/mol. The van der Waals surface area contributed by atoms with Gasteiger partial charge in [-0.2, -0.15) is 0 Å². The summed E-state index contributed by atoms with van der Waals surface area (Å²) in [6.07, 6.45) is 33.0. The Morgan fingerprint density at radius 2 is 0.881 bits per heavy atom. The van der Waals surface area contributed by atoms with Crippen molar-refractivity contribution in [2.45, 2.75) is 168 Å². The molecule has 2 N–H and O–H groups in total. The van der Waals surface area contributed by atoms with Crippen LogP contribution in [0.5, 0.6) is 0 Å². The minimum Gasteiger partial charge on any atom is -0.478 e. The molecule has 0 spiro atoms. The van der Waals surface area contributed by atoms with Gasteiger partial charge in [-0.25, -0.2) is 14.9 Å². The fourth-order valence-electron chi connectivity index (χ4n) is 5.03. The van der Waals surface area contributed by atoms with Gasteiger partial charge in [0.2, 0.25) is 0 Å². The molecule has 0 aliphatic heterocycles. The van der Waals surface area contributed by atoms with Crippen LogP contribution in [-0.2, 0) is 45.0 Å². The zero-order valence-corrected chi connectivity index (χ0v) is 26.4. The van der Waals surface area contributed by atoms with Gasteiger partial charge in [-0.3, -0.25) is 0 Å². The molecule has 1 atom stereocenters. The highest BCUT2D eigenvalue weighted by Crippen LogP contribution is 2.17. The molecule has 11 nitrogen and oxygen atoms in total. The molecular formula is C31H60O11. The maximum Gasteiger partial charge on any atom is 0.330 e.